The molecular weight excluding hydrogens is 342 g/mol. The lowest BCUT2D eigenvalue weighted by atomic mass is 9.88. The Morgan fingerprint density at radius 2 is 2.08 bits per heavy atom. The fourth-order valence-corrected chi connectivity index (χ4v) is 4.50. The van der Waals surface area contributed by atoms with Crippen LogP contribution in [0.2, 0.25) is 0 Å². The van der Waals surface area contributed by atoms with Crippen molar-refractivity contribution in [2.24, 2.45) is 0 Å². The van der Waals surface area contributed by atoms with Crippen molar-refractivity contribution in [3.05, 3.63) is 52.3 Å². The molecule has 4 nitrogen and oxygen atoms in total. The molecule has 1 amide bonds. The number of fused-ring (bicyclic) bond motifs is 1. The molecule has 26 heavy (non-hydrogen) atoms. The van der Waals surface area contributed by atoms with Gasteiger partial charge in [-0.3, -0.25) is 4.79 Å². The third-order valence-corrected chi connectivity index (χ3v) is 6.28. The van der Waals surface area contributed by atoms with Crippen LogP contribution in [-0.2, 0) is 0 Å². The number of nitrogens with zero attached hydrogens (tertiary/aromatic N) is 1. The van der Waals surface area contributed by atoms with Gasteiger partial charge in [0.25, 0.3) is 5.91 Å². The minimum atomic E-state index is -0.0401. The van der Waals surface area contributed by atoms with Crippen LogP contribution in [0.1, 0.15) is 47.8 Å². The zero-order valence-corrected chi connectivity index (χ0v) is 16.1. The van der Waals surface area contributed by atoms with E-state index in [0.29, 0.717) is 12.0 Å². The van der Waals surface area contributed by atoms with Gasteiger partial charge < -0.3 is 15.2 Å². The topological polar surface area (TPSA) is 48.1 Å². The first-order valence-electron chi connectivity index (χ1n) is 9.32. The molecule has 5 heteroatoms. The Kier molecular flexibility index (Phi) is 4.83. The summed E-state index contributed by atoms with van der Waals surface area (Å²) in [4.78, 5) is 19.0. The first kappa shape index (κ1) is 17.3. The number of carbonyl (C=O) groups excluding carboxylic acids is 1. The van der Waals surface area contributed by atoms with E-state index >= 15 is 0 Å². The highest BCUT2D eigenvalue weighted by molar-refractivity contribution is 7.12. The molecule has 0 bridgehead atoms. The second-order valence-corrected chi connectivity index (χ2v) is 8.29. The molecule has 1 fully saturated rings. The van der Waals surface area contributed by atoms with E-state index in [-0.39, 0.29) is 5.91 Å². The highest BCUT2D eigenvalue weighted by Crippen LogP contribution is 2.34. The van der Waals surface area contributed by atoms with Crippen LogP contribution >= 0.6 is 11.3 Å². The zero-order chi connectivity index (χ0) is 18.1. The third-order valence-electron chi connectivity index (χ3n) is 5.42. The SMILES string of the molecule is CC(C)N1CCC(c2c[nH]c3ccc(NC(=O)c4cccs4)cc23)CC1. The van der Waals surface area contributed by atoms with Crippen LogP contribution in [0.4, 0.5) is 5.69 Å². The largest absolute Gasteiger partial charge is 0.361 e. The maximum Gasteiger partial charge on any atom is 0.265 e. The van der Waals surface area contributed by atoms with Gasteiger partial charge in [-0.15, -0.1) is 11.3 Å². The fourth-order valence-electron chi connectivity index (χ4n) is 3.89. The van der Waals surface area contributed by atoms with Gasteiger partial charge in [-0.1, -0.05) is 6.07 Å². The minimum Gasteiger partial charge on any atom is -0.361 e. The number of piperidine rings is 1. The number of H-pyrrole nitrogens is 1. The number of benzene rings is 1. The monoisotopic (exact) mass is 367 g/mol. The van der Waals surface area contributed by atoms with Crippen molar-refractivity contribution in [2.45, 2.75) is 38.6 Å². The number of nitrogens with one attached hydrogen (secondary N) is 2. The third kappa shape index (κ3) is 3.41. The number of aromatic nitrogens is 1. The van der Waals surface area contributed by atoms with Crippen molar-refractivity contribution in [1.82, 2.24) is 9.88 Å². The number of aromatic amines is 1. The molecule has 0 atom stereocenters. The molecule has 1 aromatic carbocycles. The smallest absolute Gasteiger partial charge is 0.265 e. The molecule has 4 rings (SSSR count). The minimum absolute atomic E-state index is 0.0401. The van der Waals surface area contributed by atoms with E-state index in [0.717, 1.165) is 29.2 Å². The first-order valence-corrected chi connectivity index (χ1v) is 10.2. The summed E-state index contributed by atoms with van der Waals surface area (Å²) in [6, 6.07) is 10.5. The number of thiophene rings is 1. The lowest BCUT2D eigenvalue weighted by Crippen LogP contribution is -2.37. The summed E-state index contributed by atoms with van der Waals surface area (Å²) in [7, 11) is 0. The van der Waals surface area contributed by atoms with Crippen molar-refractivity contribution >= 4 is 33.8 Å². The van der Waals surface area contributed by atoms with E-state index in [1.54, 1.807) is 0 Å². The molecule has 0 aliphatic carbocycles. The molecule has 3 heterocycles. The molecule has 3 aromatic rings. The van der Waals surface area contributed by atoms with Crippen LogP contribution in [-0.4, -0.2) is 34.9 Å². The van der Waals surface area contributed by atoms with Crippen molar-refractivity contribution in [2.75, 3.05) is 18.4 Å². The molecule has 1 aliphatic rings. The summed E-state index contributed by atoms with van der Waals surface area (Å²) in [6.45, 7) is 6.86. The molecule has 1 aliphatic heterocycles. The van der Waals surface area contributed by atoms with E-state index in [4.69, 9.17) is 0 Å². The summed E-state index contributed by atoms with van der Waals surface area (Å²) in [5.41, 5.74) is 3.38. The second-order valence-electron chi connectivity index (χ2n) is 7.34. The Morgan fingerprint density at radius 1 is 1.27 bits per heavy atom. The van der Waals surface area contributed by atoms with Gasteiger partial charge in [0.2, 0.25) is 0 Å². The van der Waals surface area contributed by atoms with Crippen molar-refractivity contribution in [1.29, 1.82) is 0 Å². The van der Waals surface area contributed by atoms with Gasteiger partial charge in [-0.05, 0) is 80.9 Å². The lowest BCUT2D eigenvalue weighted by Gasteiger charge is -2.34. The molecule has 2 N–H and O–H groups in total. The van der Waals surface area contributed by atoms with Crippen LogP contribution in [0.15, 0.2) is 41.9 Å². The van der Waals surface area contributed by atoms with Gasteiger partial charge in [0.05, 0.1) is 4.88 Å². The summed E-state index contributed by atoms with van der Waals surface area (Å²) in [5.74, 6) is 0.545. The first-order chi connectivity index (χ1) is 12.6. The molecule has 1 saturated heterocycles. The number of carbonyl (C=O) groups is 1. The van der Waals surface area contributed by atoms with Crippen molar-refractivity contribution in [3.63, 3.8) is 0 Å². The van der Waals surface area contributed by atoms with Crippen LogP contribution < -0.4 is 5.32 Å². The Bertz CT molecular complexity index is 889. The van der Waals surface area contributed by atoms with Crippen molar-refractivity contribution in [3.8, 4) is 0 Å². The van der Waals surface area contributed by atoms with Gasteiger partial charge in [0.1, 0.15) is 0 Å². The molecule has 0 radical (unpaired) electrons. The van der Waals surface area contributed by atoms with Crippen LogP contribution in [0.5, 0.6) is 0 Å². The van der Waals surface area contributed by atoms with Crippen LogP contribution in [0.3, 0.4) is 0 Å². The predicted octanol–water partition coefficient (Wildman–Crippen LogP) is 5.07. The molecular formula is C21H25N3OS. The van der Waals surface area contributed by atoms with E-state index in [9.17, 15) is 4.79 Å². The van der Waals surface area contributed by atoms with Gasteiger partial charge in [0, 0.05) is 28.8 Å². The average molecular weight is 368 g/mol. The Balaban J connectivity index is 1.54. The van der Waals surface area contributed by atoms with Gasteiger partial charge in [0.15, 0.2) is 0 Å². The summed E-state index contributed by atoms with van der Waals surface area (Å²) in [5, 5.41) is 6.18. The number of rotatable bonds is 4. The standard InChI is InChI=1S/C21H25N3OS/c1-14(2)24-9-7-15(8-10-24)18-13-22-19-6-5-16(12-17(18)19)23-21(25)20-4-3-11-26-20/h3-6,11-15,22H,7-10H2,1-2H3,(H,23,25). The van der Waals surface area contributed by atoms with E-state index in [2.05, 4.69) is 47.4 Å². The Hall–Kier alpha value is -2.11. The Labute approximate surface area is 158 Å². The summed E-state index contributed by atoms with van der Waals surface area (Å²) in [6.07, 6.45) is 4.54. The number of hydrogen-bond acceptors (Lipinski definition) is 3. The highest BCUT2D eigenvalue weighted by atomic mass is 32.1. The maximum atomic E-state index is 12.3. The van der Waals surface area contributed by atoms with Gasteiger partial charge in [-0.2, -0.15) is 0 Å². The molecule has 2 aromatic heterocycles. The maximum absolute atomic E-state index is 12.3. The predicted molar refractivity (Wildman–Crippen MR) is 109 cm³/mol. The second kappa shape index (κ2) is 7.25. The quantitative estimate of drug-likeness (QED) is 0.676. The summed E-state index contributed by atoms with van der Waals surface area (Å²) >= 11 is 1.46. The van der Waals surface area contributed by atoms with E-state index < -0.39 is 0 Å². The van der Waals surface area contributed by atoms with Gasteiger partial charge in [-0.25, -0.2) is 0 Å². The number of anilines is 1. The normalized spacial score (nSPS) is 16.4. The lowest BCUT2D eigenvalue weighted by molar-refractivity contribution is 0.103. The number of amides is 1. The fraction of sp³-hybridized carbons (Fsp3) is 0.381. The molecule has 0 spiro atoms. The Morgan fingerprint density at radius 3 is 2.77 bits per heavy atom. The summed E-state index contributed by atoms with van der Waals surface area (Å²) < 4.78 is 0. The number of hydrogen-bond donors (Lipinski definition) is 2. The molecule has 0 saturated carbocycles. The molecule has 0 unspecified atom stereocenters. The van der Waals surface area contributed by atoms with E-state index in [1.807, 2.05) is 23.6 Å². The van der Waals surface area contributed by atoms with Gasteiger partial charge >= 0.3 is 0 Å². The average Bonchev–Trinajstić information content (AvgIpc) is 3.31. The van der Waals surface area contributed by atoms with Crippen LogP contribution in [0, 0.1) is 0 Å². The van der Waals surface area contributed by atoms with Crippen molar-refractivity contribution < 1.29 is 4.79 Å². The van der Waals surface area contributed by atoms with Crippen LogP contribution in [0.25, 0.3) is 10.9 Å². The number of likely N-dealkylation sites (tertiary alicyclic amines) is 1. The highest BCUT2D eigenvalue weighted by Gasteiger charge is 2.24. The molecule has 136 valence electrons. The zero-order valence-electron chi connectivity index (χ0n) is 15.3. The van der Waals surface area contributed by atoms with E-state index in [1.165, 1.54) is 35.1 Å².